The fraction of sp³-hybridized carbons (Fsp3) is 0.667. The molecule has 4 unspecified atom stereocenters. The average molecular weight is 352 g/mol. The van der Waals surface area contributed by atoms with Crippen LogP contribution in [0.15, 0.2) is 28.7 Å². The molecule has 3 rings (SSSR count). The van der Waals surface area contributed by atoms with Crippen molar-refractivity contribution in [2.24, 2.45) is 22.5 Å². The van der Waals surface area contributed by atoms with Crippen LogP contribution < -0.4 is 5.73 Å². The third kappa shape index (κ3) is 2.38. The standard InChI is InChI=1S/C18H26BrNO/c1-17(2)13-8-9-18(17,3)16(10-13)21-15(11-20)12-4-6-14(19)7-5-12/h4-7,13,15-16H,8-11,20H2,1-3H3. The van der Waals surface area contributed by atoms with Gasteiger partial charge in [0.15, 0.2) is 0 Å². The van der Waals surface area contributed by atoms with Crippen molar-refractivity contribution in [3.8, 4) is 0 Å². The molecule has 2 N–H and O–H groups in total. The Morgan fingerprint density at radius 2 is 1.95 bits per heavy atom. The number of rotatable bonds is 4. The third-order valence-electron chi connectivity index (χ3n) is 6.50. The van der Waals surface area contributed by atoms with E-state index in [0.29, 0.717) is 23.5 Å². The predicted molar refractivity (Wildman–Crippen MR) is 90.0 cm³/mol. The van der Waals surface area contributed by atoms with Gasteiger partial charge in [0, 0.05) is 11.0 Å². The lowest BCUT2D eigenvalue weighted by atomic mass is 9.70. The molecule has 0 aliphatic heterocycles. The Kier molecular flexibility index (Phi) is 3.96. The van der Waals surface area contributed by atoms with Crippen LogP contribution in [0.5, 0.6) is 0 Å². The van der Waals surface area contributed by atoms with Gasteiger partial charge in [-0.1, -0.05) is 48.8 Å². The molecule has 4 atom stereocenters. The van der Waals surface area contributed by atoms with Crippen molar-refractivity contribution in [3.63, 3.8) is 0 Å². The highest BCUT2D eigenvalue weighted by atomic mass is 79.9. The molecule has 0 spiro atoms. The number of fused-ring (bicyclic) bond motifs is 2. The number of hydrogen-bond acceptors (Lipinski definition) is 2. The van der Waals surface area contributed by atoms with E-state index in [2.05, 4.69) is 61.0 Å². The molecule has 2 fully saturated rings. The Labute approximate surface area is 136 Å². The van der Waals surface area contributed by atoms with Gasteiger partial charge in [-0.05, 0) is 53.7 Å². The van der Waals surface area contributed by atoms with Gasteiger partial charge < -0.3 is 10.5 Å². The van der Waals surface area contributed by atoms with Crippen LogP contribution in [0.4, 0.5) is 0 Å². The van der Waals surface area contributed by atoms with E-state index in [1.165, 1.54) is 24.8 Å². The SMILES string of the molecule is CC1(C)C2CCC1(C)C(OC(CN)c1ccc(Br)cc1)C2. The van der Waals surface area contributed by atoms with E-state index in [9.17, 15) is 0 Å². The zero-order chi connectivity index (χ0) is 15.3. The molecule has 0 saturated heterocycles. The minimum atomic E-state index is 0.00933. The van der Waals surface area contributed by atoms with E-state index in [0.717, 1.165) is 10.4 Å². The summed E-state index contributed by atoms with van der Waals surface area (Å²) in [6, 6.07) is 8.35. The van der Waals surface area contributed by atoms with E-state index in [1.54, 1.807) is 0 Å². The van der Waals surface area contributed by atoms with Crippen molar-refractivity contribution < 1.29 is 4.74 Å². The molecule has 21 heavy (non-hydrogen) atoms. The summed E-state index contributed by atoms with van der Waals surface area (Å²) in [5, 5.41) is 0. The molecule has 2 bridgehead atoms. The first kappa shape index (κ1) is 15.5. The largest absolute Gasteiger partial charge is 0.368 e. The highest BCUT2D eigenvalue weighted by Crippen LogP contribution is 2.66. The summed E-state index contributed by atoms with van der Waals surface area (Å²) in [4.78, 5) is 0. The van der Waals surface area contributed by atoms with Gasteiger partial charge in [0.05, 0.1) is 12.2 Å². The molecular formula is C18H26BrNO. The maximum atomic E-state index is 6.52. The quantitative estimate of drug-likeness (QED) is 0.854. The summed E-state index contributed by atoms with van der Waals surface area (Å²) >= 11 is 3.48. The average Bonchev–Trinajstić information content (AvgIpc) is 2.79. The topological polar surface area (TPSA) is 35.2 Å². The normalized spacial score (nSPS) is 35.1. The maximum Gasteiger partial charge on any atom is 0.0951 e. The van der Waals surface area contributed by atoms with Crippen LogP contribution in [-0.2, 0) is 4.74 Å². The van der Waals surface area contributed by atoms with Gasteiger partial charge in [0.1, 0.15) is 0 Å². The Bertz CT molecular complexity index is 512. The second kappa shape index (κ2) is 5.36. The monoisotopic (exact) mass is 351 g/mol. The molecule has 3 heteroatoms. The van der Waals surface area contributed by atoms with Gasteiger partial charge in [-0.3, -0.25) is 0 Å². The van der Waals surface area contributed by atoms with Crippen LogP contribution in [0.3, 0.4) is 0 Å². The molecule has 0 amide bonds. The van der Waals surface area contributed by atoms with Crippen LogP contribution >= 0.6 is 15.9 Å². The zero-order valence-electron chi connectivity index (χ0n) is 13.2. The molecule has 116 valence electrons. The van der Waals surface area contributed by atoms with Crippen LogP contribution in [0.1, 0.15) is 51.7 Å². The van der Waals surface area contributed by atoms with Crippen LogP contribution in [0.25, 0.3) is 0 Å². The van der Waals surface area contributed by atoms with E-state index >= 15 is 0 Å². The van der Waals surface area contributed by atoms with Gasteiger partial charge in [0.25, 0.3) is 0 Å². The smallest absolute Gasteiger partial charge is 0.0951 e. The molecule has 2 saturated carbocycles. The molecule has 1 aromatic rings. The highest BCUT2D eigenvalue weighted by molar-refractivity contribution is 9.10. The molecule has 2 aliphatic carbocycles. The van der Waals surface area contributed by atoms with Crippen LogP contribution in [-0.4, -0.2) is 12.6 Å². The van der Waals surface area contributed by atoms with Crippen LogP contribution in [0, 0.1) is 16.7 Å². The lowest BCUT2D eigenvalue weighted by Crippen LogP contribution is -2.38. The summed E-state index contributed by atoms with van der Waals surface area (Å²) in [6.07, 6.45) is 4.18. The Balaban J connectivity index is 1.78. The molecule has 0 radical (unpaired) electrons. The van der Waals surface area contributed by atoms with E-state index < -0.39 is 0 Å². The number of hydrogen-bond donors (Lipinski definition) is 1. The Morgan fingerprint density at radius 3 is 2.43 bits per heavy atom. The highest BCUT2D eigenvalue weighted by Gasteiger charge is 2.62. The van der Waals surface area contributed by atoms with Gasteiger partial charge in [-0.2, -0.15) is 0 Å². The summed E-state index contributed by atoms with van der Waals surface area (Å²) in [6.45, 7) is 7.80. The van der Waals surface area contributed by atoms with Crippen molar-refractivity contribution in [2.45, 2.75) is 52.2 Å². The van der Waals surface area contributed by atoms with Crippen molar-refractivity contribution >= 4 is 15.9 Å². The molecule has 0 aromatic heterocycles. The second-order valence-electron chi connectivity index (χ2n) is 7.51. The lowest BCUT2D eigenvalue weighted by Gasteiger charge is -2.40. The number of nitrogens with two attached hydrogens (primary N) is 1. The number of ether oxygens (including phenoxy) is 1. The van der Waals surface area contributed by atoms with Gasteiger partial charge in [0.2, 0.25) is 0 Å². The summed E-state index contributed by atoms with van der Waals surface area (Å²) in [7, 11) is 0. The van der Waals surface area contributed by atoms with Crippen molar-refractivity contribution in [1.82, 2.24) is 0 Å². The fourth-order valence-corrected chi connectivity index (χ4v) is 4.75. The lowest BCUT2D eigenvalue weighted by molar-refractivity contribution is -0.0849. The van der Waals surface area contributed by atoms with Gasteiger partial charge in [-0.25, -0.2) is 0 Å². The summed E-state index contributed by atoms with van der Waals surface area (Å²) in [5.41, 5.74) is 7.86. The zero-order valence-corrected chi connectivity index (χ0v) is 14.8. The maximum absolute atomic E-state index is 6.52. The predicted octanol–water partition coefficient (Wildman–Crippen LogP) is 4.68. The first-order chi connectivity index (χ1) is 9.88. The minimum absolute atomic E-state index is 0.00933. The van der Waals surface area contributed by atoms with Crippen LogP contribution in [0.2, 0.25) is 0 Å². The number of benzene rings is 1. The number of halogens is 1. The van der Waals surface area contributed by atoms with Crippen molar-refractivity contribution in [3.05, 3.63) is 34.3 Å². The van der Waals surface area contributed by atoms with Gasteiger partial charge in [-0.15, -0.1) is 0 Å². The van der Waals surface area contributed by atoms with E-state index in [1.807, 2.05) is 0 Å². The molecule has 2 nitrogen and oxygen atoms in total. The van der Waals surface area contributed by atoms with Crippen molar-refractivity contribution in [2.75, 3.05) is 6.54 Å². The van der Waals surface area contributed by atoms with Gasteiger partial charge >= 0.3 is 0 Å². The third-order valence-corrected chi connectivity index (χ3v) is 7.03. The van der Waals surface area contributed by atoms with E-state index in [-0.39, 0.29) is 6.10 Å². The van der Waals surface area contributed by atoms with Crippen molar-refractivity contribution in [1.29, 1.82) is 0 Å². The first-order valence-electron chi connectivity index (χ1n) is 7.99. The summed E-state index contributed by atoms with van der Waals surface area (Å²) in [5.74, 6) is 0.802. The molecule has 1 aromatic carbocycles. The molecule has 2 aliphatic rings. The minimum Gasteiger partial charge on any atom is -0.368 e. The Hall–Kier alpha value is -0.380. The molecular weight excluding hydrogens is 326 g/mol. The first-order valence-corrected chi connectivity index (χ1v) is 8.79. The summed E-state index contributed by atoms with van der Waals surface area (Å²) < 4.78 is 7.61. The second-order valence-corrected chi connectivity index (χ2v) is 8.43. The Morgan fingerprint density at radius 1 is 1.29 bits per heavy atom. The fourth-order valence-electron chi connectivity index (χ4n) is 4.48. The van der Waals surface area contributed by atoms with E-state index in [4.69, 9.17) is 10.5 Å². The molecule has 0 heterocycles.